The maximum absolute atomic E-state index is 11.0. The van der Waals surface area contributed by atoms with Gasteiger partial charge in [-0.05, 0) is 59.3 Å². The summed E-state index contributed by atoms with van der Waals surface area (Å²) in [6, 6.07) is 0. The third-order valence-electron chi connectivity index (χ3n) is 5.72. The second-order valence-corrected chi connectivity index (χ2v) is 7.94. The van der Waals surface area contributed by atoms with E-state index in [9.17, 15) is 15.3 Å². The predicted octanol–water partition coefficient (Wildman–Crippen LogP) is 3.36. The van der Waals surface area contributed by atoms with Gasteiger partial charge in [0.1, 0.15) is 0 Å². The summed E-state index contributed by atoms with van der Waals surface area (Å²) in [5.74, 6) is -0.390. The van der Waals surface area contributed by atoms with Gasteiger partial charge in [-0.1, -0.05) is 35.5 Å². The molecular formula is C20H32O3. The lowest BCUT2D eigenvalue weighted by Crippen LogP contribution is -2.50. The molecule has 2 aliphatic rings. The van der Waals surface area contributed by atoms with E-state index in [1.807, 2.05) is 20.8 Å². The van der Waals surface area contributed by atoms with E-state index < -0.39 is 23.7 Å². The first-order chi connectivity index (χ1) is 10.6. The van der Waals surface area contributed by atoms with Gasteiger partial charge in [0.05, 0.1) is 17.8 Å². The van der Waals surface area contributed by atoms with Gasteiger partial charge in [-0.25, -0.2) is 0 Å². The molecule has 0 aromatic carbocycles. The Morgan fingerprint density at radius 3 is 2.65 bits per heavy atom. The molecule has 3 N–H and O–H groups in total. The minimum Gasteiger partial charge on any atom is -0.392 e. The van der Waals surface area contributed by atoms with Crippen LogP contribution in [0.5, 0.6) is 0 Å². The van der Waals surface area contributed by atoms with Gasteiger partial charge in [-0.2, -0.15) is 0 Å². The summed E-state index contributed by atoms with van der Waals surface area (Å²) in [5.41, 5.74) is 2.26. The average molecular weight is 320 g/mol. The molecule has 0 spiro atoms. The quantitative estimate of drug-likeness (QED) is 0.696. The molecule has 0 unspecified atom stereocenters. The van der Waals surface area contributed by atoms with Gasteiger partial charge in [0.2, 0.25) is 0 Å². The van der Waals surface area contributed by atoms with E-state index in [0.29, 0.717) is 12.8 Å². The largest absolute Gasteiger partial charge is 0.392 e. The summed E-state index contributed by atoms with van der Waals surface area (Å²) in [6.45, 7) is 12.0. The lowest BCUT2D eigenvalue weighted by atomic mass is 9.73. The summed E-state index contributed by atoms with van der Waals surface area (Å²) in [7, 11) is 0. The van der Waals surface area contributed by atoms with E-state index in [1.54, 1.807) is 6.92 Å². The smallest absolute Gasteiger partial charge is 0.0700 e. The van der Waals surface area contributed by atoms with Crippen LogP contribution in [0, 0.1) is 17.8 Å². The Balaban J connectivity index is 2.26. The van der Waals surface area contributed by atoms with Crippen molar-refractivity contribution >= 4 is 0 Å². The van der Waals surface area contributed by atoms with E-state index in [2.05, 4.69) is 18.7 Å². The van der Waals surface area contributed by atoms with Crippen LogP contribution in [0.4, 0.5) is 0 Å². The Kier molecular flexibility index (Phi) is 5.55. The molecule has 0 heterocycles. The molecule has 0 radical (unpaired) electrons. The average Bonchev–Trinajstić information content (AvgIpc) is 2.74. The minimum atomic E-state index is -1.11. The van der Waals surface area contributed by atoms with Crippen molar-refractivity contribution in [2.45, 2.75) is 71.2 Å². The predicted molar refractivity (Wildman–Crippen MR) is 93.9 cm³/mol. The first kappa shape index (κ1) is 18.4. The Morgan fingerprint density at radius 2 is 2.04 bits per heavy atom. The van der Waals surface area contributed by atoms with Crippen molar-refractivity contribution in [3.63, 3.8) is 0 Å². The molecule has 1 fully saturated rings. The van der Waals surface area contributed by atoms with Crippen molar-refractivity contribution < 1.29 is 15.3 Å². The standard InChI is InChI=1S/C20H32O3/c1-12(2)7-6-10-20(5,23)18-16(21)11-14(4)15-9-8-13(3)17(15)19(18)22/h7-8,15-19,21-23H,4,6,9-11H2,1-3,5H3/t15-,16-,17+,18+,19-,20-/m0/s1. The first-order valence-corrected chi connectivity index (χ1v) is 8.71. The molecule has 0 amide bonds. The molecule has 0 saturated heterocycles. The first-order valence-electron chi connectivity index (χ1n) is 8.71. The van der Waals surface area contributed by atoms with E-state index in [0.717, 1.165) is 24.0 Å². The van der Waals surface area contributed by atoms with Crippen molar-refractivity contribution in [3.8, 4) is 0 Å². The number of hydrogen-bond donors (Lipinski definition) is 3. The molecular weight excluding hydrogens is 288 g/mol. The molecule has 3 nitrogen and oxygen atoms in total. The Labute approximate surface area is 140 Å². The molecule has 0 aromatic rings. The van der Waals surface area contributed by atoms with Gasteiger partial charge in [0, 0.05) is 11.8 Å². The molecule has 1 saturated carbocycles. The number of fused-ring (bicyclic) bond motifs is 1. The van der Waals surface area contributed by atoms with Gasteiger partial charge in [-0.3, -0.25) is 0 Å². The fourth-order valence-corrected chi connectivity index (χ4v) is 4.44. The summed E-state index contributed by atoms with van der Waals surface area (Å²) in [5, 5.41) is 32.7. The van der Waals surface area contributed by atoms with Crippen LogP contribution in [0.2, 0.25) is 0 Å². The number of rotatable bonds is 4. The Hall–Kier alpha value is -0.900. The maximum atomic E-state index is 11.0. The zero-order valence-electron chi connectivity index (χ0n) is 14.9. The van der Waals surface area contributed by atoms with E-state index in [-0.39, 0.29) is 11.8 Å². The van der Waals surface area contributed by atoms with Gasteiger partial charge >= 0.3 is 0 Å². The Morgan fingerprint density at radius 1 is 1.39 bits per heavy atom. The summed E-state index contributed by atoms with van der Waals surface area (Å²) < 4.78 is 0. The Bertz CT molecular complexity index is 511. The zero-order valence-corrected chi connectivity index (χ0v) is 14.9. The second-order valence-electron chi connectivity index (χ2n) is 7.94. The summed E-state index contributed by atoms with van der Waals surface area (Å²) >= 11 is 0. The van der Waals surface area contributed by atoms with Crippen LogP contribution in [0.1, 0.15) is 53.4 Å². The van der Waals surface area contributed by atoms with E-state index >= 15 is 0 Å². The van der Waals surface area contributed by atoms with E-state index in [4.69, 9.17) is 0 Å². The highest BCUT2D eigenvalue weighted by Gasteiger charge is 2.50. The van der Waals surface area contributed by atoms with Crippen molar-refractivity contribution in [3.05, 3.63) is 35.5 Å². The molecule has 130 valence electrons. The lowest BCUT2D eigenvalue weighted by Gasteiger charge is -2.40. The fraction of sp³-hybridized carbons (Fsp3) is 0.700. The monoisotopic (exact) mass is 320 g/mol. The van der Waals surface area contributed by atoms with Crippen LogP contribution in [0.3, 0.4) is 0 Å². The molecule has 23 heavy (non-hydrogen) atoms. The van der Waals surface area contributed by atoms with Gasteiger partial charge < -0.3 is 15.3 Å². The minimum absolute atomic E-state index is 0.0282. The highest BCUT2D eigenvalue weighted by molar-refractivity contribution is 5.26. The second kappa shape index (κ2) is 6.92. The van der Waals surface area contributed by atoms with E-state index in [1.165, 1.54) is 5.57 Å². The van der Waals surface area contributed by atoms with Crippen molar-refractivity contribution in [2.75, 3.05) is 0 Å². The SMILES string of the molecule is C=C1C[C@H](O)[C@@H]([C@@](C)(O)CCC=C(C)C)[C@@H](O)[C@@H]2C(C)=CC[C@@H]12. The molecule has 3 heteroatoms. The van der Waals surface area contributed by atoms with Crippen LogP contribution in [0.25, 0.3) is 0 Å². The van der Waals surface area contributed by atoms with Crippen LogP contribution >= 0.6 is 0 Å². The molecule has 2 rings (SSSR count). The topological polar surface area (TPSA) is 60.7 Å². The third kappa shape index (κ3) is 3.78. The fourth-order valence-electron chi connectivity index (χ4n) is 4.44. The van der Waals surface area contributed by atoms with Gasteiger partial charge in [0.25, 0.3) is 0 Å². The van der Waals surface area contributed by atoms with Crippen LogP contribution in [-0.2, 0) is 0 Å². The zero-order chi connectivity index (χ0) is 17.4. The van der Waals surface area contributed by atoms with Crippen molar-refractivity contribution in [1.29, 1.82) is 0 Å². The number of aliphatic hydroxyl groups excluding tert-OH is 2. The van der Waals surface area contributed by atoms with Gasteiger partial charge in [0.15, 0.2) is 0 Å². The number of aliphatic hydroxyl groups is 3. The van der Waals surface area contributed by atoms with Crippen molar-refractivity contribution in [1.82, 2.24) is 0 Å². The van der Waals surface area contributed by atoms with Gasteiger partial charge in [-0.15, -0.1) is 0 Å². The molecule has 0 bridgehead atoms. The number of allylic oxidation sites excluding steroid dienone is 3. The summed E-state index contributed by atoms with van der Waals surface area (Å²) in [6.07, 6.45) is 5.38. The number of hydrogen-bond acceptors (Lipinski definition) is 3. The highest BCUT2D eigenvalue weighted by atomic mass is 16.3. The lowest BCUT2D eigenvalue weighted by molar-refractivity contribution is -0.121. The van der Waals surface area contributed by atoms with Crippen molar-refractivity contribution in [2.24, 2.45) is 17.8 Å². The van der Waals surface area contributed by atoms with Crippen LogP contribution in [-0.4, -0.2) is 33.1 Å². The van der Waals surface area contributed by atoms with Crippen LogP contribution < -0.4 is 0 Å². The molecule has 2 aliphatic carbocycles. The molecule has 0 aliphatic heterocycles. The third-order valence-corrected chi connectivity index (χ3v) is 5.72. The highest BCUT2D eigenvalue weighted by Crippen LogP contribution is 2.48. The molecule has 0 aromatic heterocycles. The normalized spacial score (nSPS) is 36.7. The summed E-state index contributed by atoms with van der Waals surface area (Å²) in [4.78, 5) is 0. The maximum Gasteiger partial charge on any atom is 0.0700 e. The van der Waals surface area contributed by atoms with Crippen LogP contribution in [0.15, 0.2) is 35.5 Å². The molecule has 6 atom stereocenters.